The maximum Gasteiger partial charge on any atom is 0.0505 e. The minimum Gasteiger partial charge on any atom is -0.384 e. The van der Waals surface area contributed by atoms with Gasteiger partial charge in [0.25, 0.3) is 0 Å². The second kappa shape index (κ2) is 6.77. The van der Waals surface area contributed by atoms with Crippen LogP contribution in [0.2, 0.25) is 0 Å². The Morgan fingerprint density at radius 1 is 1.18 bits per heavy atom. The Bertz CT molecular complexity index is 302. The van der Waals surface area contributed by atoms with E-state index in [9.17, 15) is 0 Å². The molecule has 0 bridgehead atoms. The highest BCUT2D eigenvalue weighted by Crippen LogP contribution is 2.10. The van der Waals surface area contributed by atoms with Gasteiger partial charge in [0, 0.05) is 19.2 Å². The molecule has 1 aromatic rings. The Balaban J connectivity index is 2.49. The van der Waals surface area contributed by atoms with Gasteiger partial charge in [-0.05, 0) is 38.7 Å². The van der Waals surface area contributed by atoms with E-state index in [0.29, 0.717) is 5.92 Å². The molecular formula is C15H25NO. The minimum absolute atomic E-state index is 0.169. The smallest absolute Gasteiger partial charge is 0.0505 e. The molecule has 1 rings (SSSR count). The van der Waals surface area contributed by atoms with Crippen LogP contribution in [0.4, 0.5) is 0 Å². The van der Waals surface area contributed by atoms with E-state index in [2.05, 4.69) is 56.4 Å². The summed E-state index contributed by atoms with van der Waals surface area (Å²) in [6.45, 7) is 8.38. The number of nitrogens with one attached hydrogen (secondary N) is 1. The molecule has 0 saturated heterocycles. The Labute approximate surface area is 105 Å². The van der Waals surface area contributed by atoms with Crippen LogP contribution in [0.5, 0.6) is 0 Å². The van der Waals surface area contributed by atoms with Crippen LogP contribution in [0.25, 0.3) is 0 Å². The van der Waals surface area contributed by atoms with E-state index in [0.717, 1.165) is 19.6 Å². The molecule has 1 unspecified atom stereocenters. The third-order valence-electron chi connectivity index (χ3n) is 2.69. The summed E-state index contributed by atoms with van der Waals surface area (Å²) in [4.78, 5) is 0. The van der Waals surface area contributed by atoms with Gasteiger partial charge in [0.05, 0.1) is 6.61 Å². The molecule has 0 aliphatic rings. The average Bonchev–Trinajstić information content (AvgIpc) is 2.27. The van der Waals surface area contributed by atoms with Crippen molar-refractivity contribution < 1.29 is 4.74 Å². The molecular weight excluding hydrogens is 210 g/mol. The predicted molar refractivity (Wildman–Crippen MR) is 73.3 cm³/mol. The van der Waals surface area contributed by atoms with Gasteiger partial charge in [-0.3, -0.25) is 0 Å². The molecule has 2 heteroatoms. The summed E-state index contributed by atoms with van der Waals surface area (Å²) in [6.07, 6.45) is 1.07. The van der Waals surface area contributed by atoms with Gasteiger partial charge >= 0.3 is 0 Å². The summed E-state index contributed by atoms with van der Waals surface area (Å²) in [6, 6.07) is 10.6. The van der Waals surface area contributed by atoms with Crippen LogP contribution in [0.1, 0.15) is 26.3 Å². The zero-order valence-corrected chi connectivity index (χ0v) is 11.5. The molecule has 96 valence electrons. The molecule has 0 aliphatic carbocycles. The lowest BCUT2D eigenvalue weighted by atomic mass is 9.98. The SMILES string of the molecule is COCC(CNC(C)(C)C)Cc1ccccc1. The summed E-state index contributed by atoms with van der Waals surface area (Å²) < 4.78 is 5.30. The first-order chi connectivity index (χ1) is 8.01. The summed E-state index contributed by atoms with van der Waals surface area (Å²) in [5, 5.41) is 3.55. The van der Waals surface area contributed by atoms with Crippen molar-refractivity contribution in [3.8, 4) is 0 Å². The van der Waals surface area contributed by atoms with E-state index in [1.165, 1.54) is 5.56 Å². The van der Waals surface area contributed by atoms with Crippen LogP contribution in [-0.4, -0.2) is 25.8 Å². The van der Waals surface area contributed by atoms with E-state index < -0.39 is 0 Å². The molecule has 1 N–H and O–H groups in total. The van der Waals surface area contributed by atoms with Gasteiger partial charge in [-0.2, -0.15) is 0 Å². The first-order valence-corrected chi connectivity index (χ1v) is 6.29. The Morgan fingerprint density at radius 3 is 2.35 bits per heavy atom. The average molecular weight is 235 g/mol. The van der Waals surface area contributed by atoms with Crippen LogP contribution < -0.4 is 5.32 Å². The fraction of sp³-hybridized carbons (Fsp3) is 0.600. The number of hydrogen-bond acceptors (Lipinski definition) is 2. The number of ether oxygens (including phenoxy) is 1. The van der Waals surface area contributed by atoms with Crippen molar-refractivity contribution in [1.29, 1.82) is 0 Å². The zero-order valence-electron chi connectivity index (χ0n) is 11.5. The lowest BCUT2D eigenvalue weighted by Crippen LogP contribution is -2.40. The first-order valence-electron chi connectivity index (χ1n) is 6.29. The van der Waals surface area contributed by atoms with Crippen molar-refractivity contribution in [1.82, 2.24) is 5.32 Å². The van der Waals surface area contributed by atoms with Crippen molar-refractivity contribution in [3.63, 3.8) is 0 Å². The normalized spacial score (nSPS) is 13.6. The van der Waals surface area contributed by atoms with Gasteiger partial charge in [0.1, 0.15) is 0 Å². The standard InChI is InChI=1S/C15H25NO/c1-15(2,3)16-11-14(12-17-4)10-13-8-6-5-7-9-13/h5-9,14,16H,10-12H2,1-4H3. The number of hydrogen-bond donors (Lipinski definition) is 1. The Kier molecular flexibility index (Phi) is 5.66. The fourth-order valence-corrected chi connectivity index (χ4v) is 1.82. The fourth-order valence-electron chi connectivity index (χ4n) is 1.82. The summed E-state index contributed by atoms with van der Waals surface area (Å²) in [5.74, 6) is 0.529. The van der Waals surface area contributed by atoms with Crippen LogP contribution in [-0.2, 0) is 11.2 Å². The lowest BCUT2D eigenvalue weighted by Gasteiger charge is -2.25. The zero-order chi connectivity index (χ0) is 12.7. The predicted octanol–water partition coefficient (Wildman–Crippen LogP) is 2.88. The largest absolute Gasteiger partial charge is 0.384 e. The molecule has 0 fully saturated rings. The second-order valence-electron chi connectivity index (χ2n) is 5.64. The molecule has 0 spiro atoms. The maximum atomic E-state index is 5.30. The monoisotopic (exact) mass is 235 g/mol. The Hall–Kier alpha value is -0.860. The summed E-state index contributed by atoms with van der Waals surface area (Å²) >= 11 is 0. The number of benzene rings is 1. The van der Waals surface area contributed by atoms with Gasteiger partial charge in [-0.1, -0.05) is 30.3 Å². The molecule has 0 radical (unpaired) electrons. The Morgan fingerprint density at radius 2 is 1.82 bits per heavy atom. The first kappa shape index (κ1) is 14.2. The van der Waals surface area contributed by atoms with Gasteiger partial charge in [-0.25, -0.2) is 0 Å². The quantitative estimate of drug-likeness (QED) is 0.818. The van der Waals surface area contributed by atoms with E-state index in [4.69, 9.17) is 4.74 Å². The van der Waals surface area contributed by atoms with E-state index in [-0.39, 0.29) is 5.54 Å². The lowest BCUT2D eigenvalue weighted by molar-refractivity contribution is 0.146. The molecule has 1 aromatic carbocycles. The number of rotatable bonds is 6. The molecule has 0 aromatic heterocycles. The van der Waals surface area contributed by atoms with Gasteiger partial charge in [0.2, 0.25) is 0 Å². The molecule has 0 aliphatic heterocycles. The summed E-state index contributed by atoms with van der Waals surface area (Å²) in [7, 11) is 1.77. The van der Waals surface area contributed by atoms with Crippen molar-refractivity contribution in [3.05, 3.63) is 35.9 Å². The van der Waals surface area contributed by atoms with Crippen LogP contribution in [0, 0.1) is 5.92 Å². The third kappa shape index (κ3) is 6.44. The molecule has 17 heavy (non-hydrogen) atoms. The third-order valence-corrected chi connectivity index (χ3v) is 2.69. The van der Waals surface area contributed by atoms with Crippen LogP contribution in [0.3, 0.4) is 0 Å². The van der Waals surface area contributed by atoms with Crippen molar-refractivity contribution >= 4 is 0 Å². The molecule has 2 nitrogen and oxygen atoms in total. The highest BCUT2D eigenvalue weighted by Gasteiger charge is 2.14. The molecule has 1 atom stereocenters. The second-order valence-corrected chi connectivity index (χ2v) is 5.64. The maximum absolute atomic E-state index is 5.30. The minimum atomic E-state index is 0.169. The van der Waals surface area contributed by atoms with E-state index in [1.807, 2.05) is 0 Å². The van der Waals surface area contributed by atoms with Crippen molar-refractivity contribution in [2.24, 2.45) is 5.92 Å². The van der Waals surface area contributed by atoms with Gasteiger partial charge in [0.15, 0.2) is 0 Å². The van der Waals surface area contributed by atoms with Gasteiger partial charge < -0.3 is 10.1 Å². The molecule has 0 heterocycles. The topological polar surface area (TPSA) is 21.3 Å². The van der Waals surface area contributed by atoms with Gasteiger partial charge in [-0.15, -0.1) is 0 Å². The van der Waals surface area contributed by atoms with Crippen molar-refractivity contribution in [2.75, 3.05) is 20.3 Å². The number of methoxy groups -OCH3 is 1. The molecule has 0 saturated carbocycles. The molecule has 0 amide bonds. The van der Waals surface area contributed by atoms with E-state index in [1.54, 1.807) is 7.11 Å². The van der Waals surface area contributed by atoms with Crippen LogP contribution >= 0.6 is 0 Å². The van der Waals surface area contributed by atoms with Crippen molar-refractivity contribution in [2.45, 2.75) is 32.7 Å². The van der Waals surface area contributed by atoms with E-state index >= 15 is 0 Å². The van der Waals surface area contributed by atoms with Crippen LogP contribution in [0.15, 0.2) is 30.3 Å². The highest BCUT2D eigenvalue weighted by atomic mass is 16.5. The summed E-state index contributed by atoms with van der Waals surface area (Å²) in [5.41, 5.74) is 1.55. The highest BCUT2D eigenvalue weighted by molar-refractivity contribution is 5.15.